The standard InChI is InChI=1S/C14H17NO4/c1-8-11(14(18)19)6-7-12(15-8)9-2-4-10(5-3-9)13(16)17/h2-5,8,11-12,15H,6-7H2,1H3,(H,16,17)(H,18,19). The molecule has 5 heteroatoms. The lowest BCUT2D eigenvalue weighted by Crippen LogP contribution is -2.44. The summed E-state index contributed by atoms with van der Waals surface area (Å²) in [6.07, 6.45) is 1.38. The number of carboxylic acids is 2. The number of aliphatic carboxylic acids is 1. The second-order valence-electron chi connectivity index (χ2n) is 4.96. The second-order valence-corrected chi connectivity index (χ2v) is 4.96. The molecule has 0 amide bonds. The van der Waals surface area contributed by atoms with Crippen LogP contribution in [0, 0.1) is 5.92 Å². The Hall–Kier alpha value is -1.88. The van der Waals surface area contributed by atoms with Crippen molar-refractivity contribution >= 4 is 11.9 Å². The van der Waals surface area contributed by atoms with Crippen molar-refractivity contribution in [1.82, 2.24) is 5.32 Å². The van der Waals surface area contributed by atoms with E-state index in [1.54, 1.807) is 24.3 Å². The summed E-state index contributed by atoms with van der Waals surface area (Å²) in [6.45, 7) is 1.87. The molecular formula is C14H17NO4. The van der Waals surface area contributed by atoms with E-state index in [-0.39, 0.29) is 23.6 Å². The highest BCUT2D eigenvalue weighted by atomic mass is 16.4. The largest absolute Gasteiger partial charge is 0.481 e. The molecule has 3 atom stereocenters. The quantitative estimate of drug-likeness (QED) is 0.775. The molecule has 1 heterocycles. The number of nitrogens with one attached hydrogen (secondary N) is 1. The van der Waals surface area contributed by atoms with Crippen molar-refractivity contribution in [3.8, 4) is 0 Å². The van der Waals surface area contributed by atoms with Crippen LogP contribution in [0.3, 0.4) is 0 Å². The minimum absolute atomic E-state index is 0.0876. The first kappa shape index (κ1) is 13.5. The van der Waals surface area contributed by atoms with Crippen molar-refractivity contribution in [3.05, 3.63) is 35.4 Å². The number of piperidine rings is 1. The van der Waals surface area contributed by atoms with Crippen LogP contribution in [-0.4, -0.2) is 28.2 Å². The first-order valence-electron chi connectivity index (χ1n) is 6.31. The minimum atomic E-state index is -0.942. The summed E-state index contributed by atoms with van der Waals surface area (Å²) in [5, 5.41) is 21.2. The monoisotopic (exact) mass is 263 g/mol. The van der Waals surface area contributed by atoms with Gasteiger partial charge in [-0.15, -0.1) is 0 Å². The third-order valence-electron chi connectivity index (χ3n) is 3.71. The van der Waals surface area contributed by atoms with E-state index >= 15 is 0 Å². The molecule has 1 aromatic carbocycles. The molecule has 1 saturated heterocycles. The number of benzene rings is 1. The Morgan fingerprint density at radius 1 is 1.16 bits per heavy atom. The maximum absolute atomic E-state index is 11.0. The van der Waals surface area contributed by atoms with Gasteiger partial charge in [0.1, 0.15) is 0 Å². The Bertz CT molecular complexity index is 483. The highest BCUT2D eigenvalue weighted by molar-refractivity contribution is 5.87. The number of rotatable bonds is 3. The third kappa shape index (κ3) is 2.93. The fraction of sp³-hybridized carbons (Fsp3) is 0.429. The molecule has 2 rings (SSSR count). The van der Waals surface area contributed by atoms with Gasteiger partial charge in [-0.3, -0.25) is 4.79 Å². The topological polar surface area (TPSA) is 86.6 Å². The van der Waals surface area contributed by atoms with Gasteiger partial charge in [0.15, 0.2) is 0 Å². The van der Waals surface area contributed by atoms with Gasteiger partial charge < -0.3 is 15.5 Å². The van der Waals surface area contributed by atoms with Crippen LogP contribution in [0.5, 0.6) is 0 Å². The normalized spacial score (nSPS) is 26.9. The Labute approximate surface area is 111 Å². The van der Waals surface area contributed by atoms with E-state index in [4.69, 9.17) is 10.2 Å². The molecular weight excluding hydrogens is 246 g/mol. The maximum Gasteiger partial charge on any atom is 0.335 e. The van der Waals surface area contributed by atoms with Crippen LogP contribution in [0.25, 0.3) is 0 Å². The van der Waals surface area contributed by atoms with Crippen LogP contribution >= 0.6 is 0 Å². The van der Waals surface area contributed by atoms with Gasteiger partial charge in [-0.1, -0.05) is 12.1 Å². The number of aromatic carboxylic acids is 1. The number of hydrogen-bond donors (Lipinski definition) is 3. The van der Waals surface area contributed by atoms with Gasteiger partial charge >= 0.3 is 11.9 Å². The average Bonchev–Trinajstić information content (AvgIpc) is 2.38. The molecule has 0 saturated carbocycles. The first-order valence-corrected chi connectivity index (χ1v) is 6.31. The van der Waals surface area contributed by atoms with E-state index < -0.39 is 11.9 Å². The van der Waals surface area contributed by atoms with E-state index in [2.05, 4.69) is 5.32 Å². The summed E-state index contributed by atoms with van der Waals surface area (Å²) in [7, 11) is 0. The zero-order valence-electron chi connectivity index (χ0n) is 10.7. The van der Waals surface area contributed by atoms with Crippen molar-refractivity contribution in [2.24, 2.45) is 5.92 Å². The van der Waals surface area contributed by atoms with Crippen LogP contribution in [0.4, 0.5) is 0 Å². The zero-order valence-corrected chi connectivity index (χ0v) is 10.7. The molecule has 102 valence electrons. The number of carboxylic acid groups (broad SMARTS) is 2. The molecule has 1 aromatic rings. The Balaban J connectivity index is 2.08. The summed E-state index contributed by atoms with van der Waals surface area (Å²) in [4.78, 5) is 21.8. The van der Waals surface area contributed by atoms with Crippen LogP contribution in [0.2, 0.25) is 0 Å². The lowest BCUT2D eigenvalue weighted by Gasteiger charge is -2.33. The lowest BCUT2D eigenvalue weighted by molar-refractivity contribution is -0.143. The van der Waals surface area contributed by atoms with Crippen LogP contribution in [-0.2, 0) is 4.79 Å². The van der Waals surface area contributed by atoms with E-state index in [1.807, 2.05) is 6.92 Å². The van der Waals surface area contributed by atoms with Gasteiger partial charge in [-0.05, 0) is 37.5 Å². The van der Waals surface area contributed by atoms with Crippen molar-refractivity contribution in [3.63, 3.8) is 0 Å². The molecule has 0 bridgehead atoms. The number of hydrogen-bond acceptors (Lipinski definition) is 3. The molecule has 0 radical (unpaired) electrons. The predicted octanol–water partition coefficient (Wildman–Crippen LogP) is 1.90. The van der Waals surface area contributed by atoms with Crippen LogP contribution < -0.4 is 5.32 Å². The molecule has 3 unspecified atom stereocenters. The molecule has 1 aliphatic rings. The molecule has 0 aliphatic carbocycles. The predicted molar refractivity (Wildman–Crippen MR) is 69.1 cm³/mol. The van der Waals surface area contributed by atoms with Gasteiger partial charge in [0.05, 0.1) is 11.5 Å². The molecule has 19 heavy (non-hydrogen) atoms. The van der Waals surface area contributed by atoms with Gasteiger partial charge in [0.2, 0.25) is 0 Å². The Morgan fingerprint density at radius 2 is 1.79 bits per heavy atom. The molecule has 3 N–H and O–H groups in total. The van der Waals surface area contributed by atoms with E-state index in [9.17, 15) is 9.59 Å². The fourth-order valence-corrected chi connectivity index (χ4v) is 2.57. The molecule has 1 fully saturated rings. The smallest absolute Gasteiger partial charge is 0.335 e. The molecule has 1 aliphatic heterocycles. The van der Waals surface area contributed by atoms with Crippen LogP contribution in [0.1, 0.15) is 41.7 Å². The van der Waals surface area contributed by atoms with Crippen molar-refractivity contribution in [2.45, 2.75) is 31.8 Å². The molecule has 5 nitrogen and oxygen atoms in total. The number of carbonyl (C=O) groups is 2. The Kier molecular flexibility index (Phi) is 3.85. The van der Waals surface area contributed by atoms with E-state index in [1.165, 1.54) is 0 Å². The van der Waals surface area contributed by atoms with Gasteiger partial charge in [0, 0.05) is 12.1 Å². The second kappa shape index (κ2) is 5.40. The van der Waals surface area contributed by atoms with E-state index in [0.717, 1.165) is 12.0 Å². The summed E-state index contributed by atoms with van der Waals surface area (Å²) in [5.74, 6) is -2.06. The fourth-order valence-electron chi connectivity index (χ4n) is 2.57. The van der Waals surface area contributed by atoms with Gasteiger partial charge in [0.25, 0.3) is 0 Å². The highest BCUT2D eigenvalue weighted by Gasteiger charge is 2.32. The zero-order chi connectivity index (χ0) is 14.0. The van der Waals surface area contributed by atoms with Crippen molar-refractivity contribution in [1.29, 1.82) is 0 Å². The van der Waals surface area contributed by atoms with E-state index in [0.29, 0.717) is 6.42 Å². The SMILES string of the molecule is CC1NC(c2ccc(C(=O)O)cc2)CCC1C(=O)O. The maximum atomic E-state index is 11.0. The third-order valence-corrected chi connectivity index (χ3v) is 3.71. The molecule has 0 aromatic heterocycles. The summed E-state index contributed by atoms with van der Waals surface area (Å²) in [5.41, 5.74) is 1.26. The summed E-state index contributed by atoms with van der Waals surface area (Å²) in [6, 6.07) is 6.73. The highest BCUT2D eigenvalue weighted by Crippen LogP contribution is 2.29. The van der Waals surface area contributed by atoms with Crippen molar-refractivity contribution in [2.75, 3.05) is 0 Å². The summed E-state index contributed by atoms with van der Waals surface area (Å²) < 4.78 is 0. The average molecular weight is 263 g/mol. The van der Waals surface area contributed by atoms with Crippen LogP contribution in [0.15, 0.2) is 24.3 Å². The lowest BCUT2D eigenvalue weighted by atomic mass is 9.86. The van der Waals surface area contributed by atoms with Gasteiger partial charge in [-0.2, -0.15) is 0 Å². The Morgan fingerprint density at radius 3 is 2.26 bits per heavy atom. The minimum Gasteiger partial charge on any atom is -0.481 e. The molecule has 0 spiro atoms. The first-order chi connectivity index (χ1) is 8.99. The summed E-state index contributed by atoms with van der Waals surface area (Å²) >= 11 is 0. The van der Waals surface area contributed by atoms with Gasteiger partial charge in [-0.25, -0.2) is 4.79 Å². The van der Waals surface area contributed by atoms with Crippen molar-refractivity contribution < 1.29 is 19.8 Å².